The predicted octanol–water partition coefficient (Wildman–Crippen LogP) is 1.88. The van der Waals surface area contributed by atoms with Crippen LogP contribution in [0, 0.1) is 0 Å². The molecule has 3 heteroatoms. The summed E-state index contributed by atoms with van der Waals surface area (Å²) < 4.78 is 2.33. The summed E-state index contributed by atoms with van der Waals surface area (Å²) in [6.07, 6.45) is 4.98. The molecule has 1 aliphatic heterocycles. The Balaban J connectivity index is 0.00000120. The van der Waals surface area contributed by atoms with E-state index in [4.69, 9.17) is 0 Å². The zero-order chi connectivity index (χ0) is 19.2. The first-order valence-corrected chi connectivity index (χ1v) is 15.6. The van der Waals surface area contributed by atoms with Gasteiger partial charge < -0.3 is 24.8 Å². The molecule has 2 aliphatic carbocycles. The van der Waals surface area contributed by atoms with Crippen LogP contribution in [-0.2, 0) is 20.3 Å². The van der Waals surface area contributed by atoms with E-state index in [1.807, 2.05) is 0 Å². The molecule has 0 spiro atoms. The molecular weight excluding hydrogens is 474 g/mol. The maximum atomic E-state index is 2.60. The van der Waals surface area contributed by atoms with Gasteiger partial charge in [0, 0.05) is 0 Å². The molecule has 5 rings (SSSR count). The number of rotatable bonds is 2. The molecule has 0 nitrogen and oxygen atoms in total. The first-order valence-electron chi connectivity index (χ1n) is 10.3. The molecule has 0 aromatic heterocycles. The van der Waals surface area contributed by atoms with Gasteiger partial charge in [-0.2, -0.15) is 0 Å². The van der Waals surface area contributed by atoms with E-state index in [1.165, 1.54) is 11.1 Å². The van der Waals surface area contributed by atoms with Crippen LogP contribution in [0.3, 0.4) is 0 Å². The summed E-state index contributed by atoms with van der Waals surface area (Å²) >= 11 is -2.83. The molecular formula is C26H30Cl2Zr. The molecule has 0 saturated carbocycles. The van der Waals surface area contributed by atoms with Crippen molar-refractivity contribution in [1.29, 1.82) is 0 Å². The maximum absolute atomic E-state index is 2.83. The third kappa shape index (κ3) is 2.60. The standard InChI is InChI=1S/2C10H9.C6H12.2ClH.Zr/c2*1-8-6-9-4-2-3-5-10(9)7-8;1-5(2)6(3)4;;;/h2*2-7H,1H3;1-4H3;2*1H;/q;;;;;+2/p-2. The molecule has 2 unspecified atom stereocenters. The van der Waals surface area contributed by atoms with Gasteiger partial charge in [-0.05, 0) is 0 Å². The zero-order valence-corrected chi connectivity index (χ0v) is 22.2. The van der Waals surface area contributed by atoms with Crippen molar-refractivity contribution in [2.24, 2.45) is 0 Å². The van der Waals surface area contributed by atoms with Crippen molar-refractivity contribution in [2.75, 3.05) is 0 Å². The van der Waals surface area contributed by atoms with E-state index >= 15 is 0 Å². The second-order valence-electron chi connectivity index (χ2n) is 10.0. The van der Waals surface area contributed by atoms with Crippen LogP contribution in [0.4, 0.5) is 0 Å². The van der Waals surface area contributed by atoms with E-state index in [2.05, 4.69) is 102 Å². The second kappa shape index (κ2) is 7.22. The van der Waals surface area contributed by atoms with Gasteiger partial charge in [-0.25, -0.2) is 0 Å². The van der Waals surface area contributed by atoms with E-state index < -0.39 is 20.3 Å². The van der Waals surface area contributed by atoms with E-state index in [0.29, 0.717) is 13.5 Å². The summed E-state index contributed by atoms with van der Waals surface area (Å²) in [5, 5.41) is 0. The van der Waals surface area contributed by atoms with Gasteiger partial charge in [0.2, 0.25) is 0 Å². The number of benzene rings is 2. The van der Waals surface area contributed by atoms with Crippen LogP contribution in [0.2, 0.25) is 6.25 Å². The van der Waals surface area contributed by atoms with Gasteiger partial charge in [0.25, 0.3) is 0 Å². The fraction of sp³-hybridized carbons (Fsp3) is 0.385. The van der Waals surface area contributed by atoms with Crippen LogP contribution in [0.25, 0.3) is 12.2 Å². The molecule has 1 saturated heterocycles. The largest absolute Gasteiger partial charge is 1.00 e. The van der Waals surface area contributed by atoms with Gasteiger partial charge in [0.15, 0.2) is 0 Å². The van der Waals surface area contributed by atoms with Gasteiger partial charge in [0.05, 0.1) is 0 Å². The molecule has 152 valence electrons. The average Bonchev–Trinajstić information content (AvgIpc) is 2.96. The quantitative estimate of drug-likeness (QED) is 0.586. The van der Waals surface area contributed by atoms with Crippen LogP contribution >= 0.6 is 0 Å². The van der Waals surface area contributed by atoms with Crippen LogP contribution in [-0.4, -0.2) is 0 Å². The first-order chi connectivity index (χ1) is 12.7. The molecule has 1 heterocycles. The Morgan fingerprint density at radius 3 is 1.31 bits per heavy atom. The van der Waals surface area contributed by atoms with Gasteiger partial charge in [-0.1, -0.05) is 0 Å². The predicted molar refractivity (Wildman–Crippen MR) is 114 cm³/mol. The molecule has 0 radical (unpaired) electrons. The topological polar surface area (TPSA) is 0 Å². The minimum atomic E-state index is -2.83. The van der Waals surface area contributed by atoms with Crippen molar-refractivity contribution in [2.45, 2.75) is 55.0 Å². The third-order valence-corrected chi connectivity index (χ3v) is 29.6. The molecule has 0 bridgehead atoms. The molecule has 2 aromatic carbocycles. The fourth-order valence-corrected chi connectivity index (χ4v) is 31.7. The van der Waals surface area contributed by atoms with Crippen LogP contribution in [0.5, 0.6) is 0 Å². The van der Waals surface area contributed by atoms with Crippen molar-refractivity contribution in [1.82, 2.24) is 0 Å². The summed E-state index contributed by atoms with van der Waals surface area (Å²) in [7, 11) is 0. The summed E-state index contributed by atoms with van der Waals surface area (Å²) in [6, 6.07) is 18.4. The van der Waals surface area contributed by atoms with Crippen molar-refractivity contribution >= 4 is 12.2 Å². The van der Waals surface area contributed by atoms with Crippen molar-refractivity contribution < 1.29 is 45.1 Å². The smallest absolute Gasteiger partial charge is 1.00 e. The van der Waals surface area contributed by atoms with E-state index in [9.17, 15) is 0 Å². The molecule has 1 fully saturated rings. The minimum Gasteiger partial charge on any atom is -1.00 e. The normalized spacial score (nSPS) is 25.2. The number of hydrogen-bond acceptors (Lipinski definition) is 0. The van der Waals surface area contributed by atoms with Gasteiger partial charge in [-0.3, -0.25) is 0 Å². The van der Waals surface area contributed by atoms with Crippen molar-refractivity contribution in [3.05, 3.63) is 81.9 Å². The van der Waals surface area contributed by atoms with Crippen molar-refractivity contribution in [3.8, 4) is 0 Å². The molecule has 29 heavy (non-hydrogen) atoms. The van der Waals surface area contributed by atoms with E-state index in [0.717, 1.165) is 0 Å². The molecule has 3 aliphatic rings. The summed E-state index contributed by atoms with van der Waals surface area (Å²) in [5.74, 6) is 0. The van der Waals surface area contributed by atoms with Crippen LogP contribution in [0.1, 0.15) is 71.0 Å². The zero-order valence-electron chi connectivity index (χ0n) is 18.2. The van der Waals surface area contributed by atoms with E-state index in [1.54, 1.807) is 22.3 Å². The number of fused-ring (bicyclic) bond motifs is 2. The van der Waals surface area contributed by atoms with Crippen molar-refractivity contribution in [3.63, 3.8) is 0 Å². The Kier molecular flexibility index (Phi) is 5.74. The minimum absolute atomic E-state index is 0. The Morgan fingerprint density at radius 1 is 0.621 bits per heavy atom. The summed E-state index contributed by atoms with van der Waals surface area (Å²) in [4.78, 5) is 0. The Labute approximate surface area is 193 Å². The third-order valence-electron chi connectivity index (χ3n) is 8.77. The van der Waals surface area contributed by atoms with Gasteiger partial charge in [-0.15, -0.1) is 0 Å². The van der Waals surface area contributed by atoms with Gasteiger partial charge >= 0.3 is 169 Å². The molecule has 0 amide bonds. The van der Waals surface area contributed by atoms with Crippen LogP contribution < -0.4 is 24.8 Å². The Morgan fingerprint density at radius 2 is 0.966 bits per heavy atom. The number of allylic oxidation sites excluding steroid dienone is 2. The average molecular weight is 505 g/mol. The molecule has 2 aromatic rings. The fourth-order valence-electron chi connectivity index (χ4n) is 7.18. The number of hydrogen-bond donors (Lipinski definition) is 0. The first kappa shape index (κ1) is 23.1. The summed E-state index contributed by atoms with van der Waals surface area (Å²) in [5.41, 5.74) is 9.46. The summed E-state index contributed by atoms with van der Waals surface area (Å²) in [6.45, 7) is 15.2. The number of halogens is 2. The Hall–Kier alpha value is -0.617. The van der Waals surface area contributed by atoms with Crippen LogP contribution in [0.15, 0.2) is 59.7 Å². The second-order valence-corrected chi connectivity index (χ2v) is 23.3. The maximum Gasteiger partial charge on any atom is -1.00 e. The SMILES string of the molecule is CC1=Cc2ccccc2[CH]1[Zr+2]1([CH]2C(C)=Cc3ccccc32)[C](C)(C)[C]1(C)C.[Cl-].[Cl-]. The monoisotopic (exact) mass is 502 g/mol. The van der Waals surface area contributed by atoms with Gasteiger partial charge in [0.1, 0.15) is 0 Å². The molecule has 0 N–H and O–H groups in total. The molecule has 2 atom stereocenters. The Bertz CT molecular complexity index is 945. The van der Waals surface area contributed by atoms with E-state index in [-0.39, 0.29) is 24.8 Å².